The quantitative estimate of drug-likeness (QED) is 0.754. The zero-order chi connectivity index (χ0) is 23.2. The van der Waals surface area contributed by atoms with Crippen molar-refractivity contribution in [3.8, 4) is 0 Å². The molecule has 2 saturated heterocycles. The summed E-state index contributed by atoms with van der Waals surface area (Å²) in [6.07, 6.45) is -1.21. The van der Waals surface area contributed by atoms with Gasteiger partial charge >= 0.3 is 12.1 Å². The zero-order valence-corrected chi connectivity index (χ0v) is 18.1. The SMILES string of the molecule is Cc1ccc(C(=O)N2CCCC3(COCCN(C(C)C)C3)C2)cn1.O=C(O)C(F)(F)F. The Morgan fingerprint density at radius 2 is 1.90 bits per heavy atom. The number of carbonyl (C=O) groups is 2. The Hall–Kier alpha value is -2.20. The number of hydrogen-bond acceptors (Lipinski definition) is 5. The van der Waals surface area contributed by atoms with E-state index in [2.05, 4.69) is 23.7 Å². The fourth-order valence-corrected chi connectivity index (χ4v) is 3.87. The molecule has 0 saturated carbocycles. The van der Waals surface area contributed by atoms with Crippen LogP contribution < -0.4 is 0 Å². The number of ether oxygens (including phenoxy) is 1. The number of carboxylic acid groups (broad SMARTS) is 1. The van der Waals surface area contributed by atoms with Crippen molar-refractivity contribution < 1.29 is 32.6 Å². The van der Waals surface area contributed by atoms with Crippen molar-refractivity contribution in [1.82, 2.24) is 14.8 Å². The summed E-state index contributed by atoms with van der Waals surface area (Å²) in [7, 11) is 0. The Kier molecular flexibility index (Phi) is 8.41. The van der Waals surface area contributed by atoms with Crippen LogP contribution in [0.1, 0.15) is 42.7 Å². The number of likely N-dealkylation sites (tertiary alicyclic amines) is 1. The summed E-state index contributed by atoms with van der Waals surface area (Å²) in [4.78, 5) is 30.5. The van der Waals surface area contributed by atoms with Gasteiger partial charge in [0, 0.05) is 49.5 Å². The number of nitrogens with zero attached hydrogens (tertiary/aromatic N) is 3. The summed E-state index contributed by atoms with van der Waals surface area (Å²) in [5, 5.41) is 7.12. The molecule has 2 fully saturated rings. The van der Waals surface area contributed by atoms with Crippen LogP contribution in [0.3, 0.4) is 0 Å². The van der Waals surface area contributed by atoms with E-state index in [0.717, 1.165) is 57.9 Å². The molecule has 1 amide bonds. The lowest BCUT2D eigenvalue weighted by atomic mass is 9.79. The first-order chi connectivity index (χ1) is 14.4. The molecule has 1 atom stereocenters. The lowest BCUT2D eigenvalue weighted by Crippen LogP contribution is -2.53. The van der Waals surface area contributed by atoms with Gasteiger partial charge in [0.2, 0.25) is 0 Å². The summed E-state index contributed by atoms with van der Waals surface area (Å²) in [5.41, 5.74) is 1.69. The van der Waals surface area contributed by atoms with Crippen LogP contribution in [-0.2, 0) is 9.53 Å². The predicted octanol–water partition coefficient (Wildman–Crippen LogP) is 2.99. The number of carboxylic acids is 1. The van der Waals surface area contributed by atoms with Crippen LogP contribution in [0.5, 0.6) is 0 Å². The lowest BCUT2D eigenvalue weighted by Gasteiger charge is -2.44. The van der Waals surface area contributed by atoms with E-state index in [1.165, 1.54) is 0 Å². The van der Waals surface area contributed by atoms with Crippen LogP contribution in [0.4, 0.5) is 13.2 Å². The van der Waals surface area contributed by atoms with Gasteiger partial charge in [-0.2, -0.15) is 13.2 Å². The van der Waals surface area contributed by atoms with Crippen LogP contribution in [0.2, 0.25) is 0 Å². The van der Waals surface area contributed by atoms with E-state index >= 15 is 0 Å². The number of carbonyl (C=O) groups excluding carboxylic acids is 1. The van der Waals surface area contributed by atoms with Crippen molar-refractivity contribution in [1.29, 1.82) is 0 Å². The van der Waals surface area contributed by atoms with E-state index < -0.39 is 12.1 Å². The first-order valence-electron chi connectivity index (χ1n) is 10.3. The number of aliphatic carboxylic acids is 1. The second-order valence-electron chi connectivity index (χ2n) is 8.44. The smallest absolute Gasteiger partial charge is 0.475 e. The van der Waals surface area contributed by atoms with Crippen molar-refractivity contribution in [2.45, 2.75) is 45.8 Å². The summed E-state index contributed by atoms with van der Waals surface area (Å²) in [6, 6.07) is 4.30. The van der Waals surface area contributed by atoms with Crippen LogP contribution in [0.25, 0.3) is 0 Å². The number of pyridine rings is 1. The van der Waals surface area contributed by atoms with Gasteiger partial charge < -0.3 is 14.7 Å². The number of aryl methyl sites for hydroxylation is 1. The lowest BCUT2D eigenvalue weighted by molar-refractivity contribution is -0.192. The molecule has 1 spiro atoms. The Labute approximate surface area is 180 Å². The largest absolute Gasteiger partial charge is 0.490 e. The van der Waals surface area contributed by atoms with Crippen molar-refractivity contribution in [3.05, 3.63) is 29.6 Å². The third-order valence-electron chi connectivity index (χ3n) is 5.55. The monoisotopic (exact) mass is 445 g/mol. The Balaban J connectivity index is 0.000000423. The molecular weight excluding hydrogens is 415 g/mol. The number of piperidine rings is 1. The van der Waals surface area contributed by atoms with Gasteiger partial charge in [0.15, 0.2) is 0 Å². The fourth-order valence-electron chi connectivity index (χ4n) is 3.87. The maximum atomic E-state index is 12.9. The van der Waals surface area contributed by atoms with Crippen molar-refractivity contribution in [3.63, 3.8) is 0 Å². The summed E-state index contributed by atoms with van der Waals surface area (Å²) < 4.78 is 37.7. The maximum Gasteiger partial charge on any atom is 0.490 e. The summed E-state index contributed by atoms with van der Waals surface area (Å²) >= 11 is 0. The van der Waals surface area contributed by atoms with E-state index in [4.69, 9.17) is 14.6 Å². The normalized spacial score (nSPS) is 22.6. The van der Waals surface area contributed by atoms with E-state index in [9.17, 15) is 18.0 Å². The minimum Gasteiger partial charge on any atom is -0.475 e. The number of rotatable bonds is 2. The topological polar surface area (TPSA) is 83.0 Å². The molecule has 0 aromatic carbocycles. The molecule has 174 valence electrons. The van der Waals surface area contributed by atoms with Crippen LogP contribution in [0.15, 0.2) is 18.3 Å². The van der Waals surface area contributed by atoms with Crippen molar-refractivity contribution in [2.75, 3.05) is 39.4 Å². The molecule has 1 N–H and O–H groups in total. The molecule has 0 radical (unpaired) electrons. The second kappa shape index (κ2) is 10.4. The average molecular weight is 445 g/mol. The Morgan fingerprint density at radius 1 is 1.23 bits per heavy atom. The van der Waals surface area contributed by atoms with E-state index in [-0.39, 0.29) is 11.3 Å². The first-order valence-corrected chi connectivity index (χ1v) is 10.3. The molecule has 31 heavy (non-hydrogen) atoms. The molecule has 1 aromatic heterocycles. The van der Waals surface area contributed by atoms with E-state index in [1.54, 1.807) is 6.20 Å². The van der Waals surface area contributed by atoms with Gasteiger partial charge in [-0.25, -0.2) is 4.79 Å². The minimum atomic E-state index is -5.08. The number of halogens is 3. The molecular formula is C21H30F3N3O4. The Morgan fingerprint density at radius 3 is 2.45 bits per heavy atom. The molecule has 1 aromatic rings. The van der Waals surface area contributed by atoms with Crippen LogP contribution in [-0.4, -0.2) is 83.4 Å². The molecule has 0 aliphatic carbocycles. The van der Waals surface area contributed by atoms with Gasteiger partial charge in [-0.1, -0.05) is 0 Å². The fraction of sp³-hybridized carbons (Fsp3) is 0.667. The standard InChI is InChI=1S/C19H29N3O2.C2HF3O2/c1-15(2)21-9-10-24-14-19(12-21)7-4-8-22(13-19)18(23)17-6-5-16(3)20-11-17;3-2(4,5)1(6)7/h5-6,11,15H,4,7-10,12-14H2,1-3H3;(H,6,7). The van der Waals surface area contributed by atoms with Crippen molar-refractivity contribution in [2.24, 2.45) is 5.41 Å². The number of alkyl halides is 3. The van der Waals surface area contributed by atoms with E-state index in [1.807, 2.05) is 24.0 Å². The third-order valence-corrected chi connectivity index (χ3v) is 5.55. The van der Waals surface area contributed by atoms with Crippen molar-refractivity contribution >= 4 is 11.9 Å². The van der Waals surface area contributed by atoms with Gasteiger partial charge in [-0.3, -0.25) is 14.7 Å². The van der Waals surface area contributed by atoms with Gasteiger partial charge in [0.05, 0.1) is 18.8 Å². The third kappa shape index (κ3) is 7.17. The molecule has 7 nitrogen and oxygen atoms in total. The zero-order valence-electron chi connectivity index (χ0n) is 18.1. The minimum absolute atomic E-state index is 0.0623. The number of amides is 1. The highest BCUT2D eigenvalue weighted by Gasteiger charge is 2.41. The highest BCUT2D eigenvalue weighted by molar-refractivity contribution is 5.94. The highest BCUT2D eigenvalue weighted by Crippen LogP contribution is 2.34. The first kappa shape index (κ1) is 25.1. The maximum absolute atomic E-state index is 12.9. The number of hydrogen-bond donors (Lipinski definition) is 1. The highest BCUT2D eigenvalue weighted by atomic mass is 19.4. The second-order valence-corrected chi connectivity index (χ2v) is 8.44. The average Bonchev–Trinajstić information content (AvgIpc) is 2.90. The summed E-state index contributed by atoms with van der Waals surface area (Å²) in [5.74, 6) is -2.66. The van der Waals surface area contributed by atoms with Crippen LogP contribution in [0, 0.1) is 12.3 Å². The molecule has 0 bridgehead atoms. The molecule has 3 rings (SSSR count). The van der Waals surface area contributed by atoms with Gasteiger partial charge in [0.1, 0.15) is 0 Å². The predicted molar refractivity (Wildman–Crippen MR) is 108 cm³/mol. The molecule has 2 aliphatic heterocycles. The molecule has 1 unspecified atom stereocenters. The molecule has 3 heterocycles. The summed E-state index contributed by atoms with van der Waals surface area (Å²) in [6.45, 7) is 11.6. The molecule has 2 aliphatic rings. The van der Waals surface area contributed by atoms with Crippen LogP contribution >= 0.6 is 0 Å². The van der Waals surface area contributed by atoms with Gasteiger partial charge in [-0.05, 0) is 45.7 Å². The number of aromatic nitrogens is 1. The van der Waals surface area contributed by atoms with Gasteiger partial charge in [-0.15, -0.1) is 0 Å². The Bertz CT molecular complexity index is 755. The van der Waals surface area contributed by atoms with E-state index in [0.29, 0.717) is 11.6 Å². The van der Waals surface area contributed by atoms with Gasteiger partial charge in [0.25, 0.3) is 5.91 Å². The molecule has 10 heteroatoms.